The standard InChI is InChI=1S/C14H16N2OS2/c17-13(8-10-4-3-7-18-10)15-9-14-16-11-5-1-2-6-12(11)19-14/h3-4,7H,1-2,5-6,8-9H2,(H,15,17). The average Bonchev–Trinajstić information content (AvgIpc) is 3.04. The Hall–Kier alpha value is -1.20. The predicted octanol–water partition coefficient (Wildman–Crippen LogP) is 2.94. The number of carbonyl (C=O) groups is 1. The first kappa shape index (κ1) is 12.8. The van der Waals surface area contributed by atoms with Gasteiger partial charge in [0.2, 0.25) is 5.91 Å². The lowest BCUT2D eigenvalue weighted by atomic mass is 10.0. The molecule has 0 radical (unpaired) electrons. The SMILES string of the molecule is O=C(Cc1cccs1)NCc1nc2c(s1)CCCC2. The summed E-state index contributed by atoms with van der Waals surface area (Å²) >= 11 is 3.38. The highest BCUT2D eigenvalue weighted by atomic mass is 32.1. The lowest BCUT2D eigenvalue weighted by Gasteiger charge is -2.06. The fourth-order valence-electron chi connectivity index (χ4n) is 2.29. The van der Waals surface area contributed by atoms with Crippen molar-refractivity contribution in [3.63, 3.8) is 0 Å². The number of thiophene rings is 1. The molecule has 2 aromatic rings. The van der Waals surface area contributed by atoms with Crippen molar-refractivity contribution in [2.45, 2.75) is 38.6 Å². The van der Waals surface area contributed by atoms with Crippen molar-refractivity contribution in [3.8, 4) is 0 Å². The number of thiazole rings is 1. The number of aromatic nitrogens is 1. The Bertz CT molecular complexity index is 537. The monoisotopic (exact) mass is 292 g/mol. The molecule has 1 N–H and O–H groups in total. The number of nitrogens with one attached hydrogen (secondary N) is 1. The van der Waals surface area contributed by atoms with Gasteiger partial charge >= 0.3 is 0 Å². The Morgan fingerprint density at radius 3 is 3.05 bits per heavy atom. The van der Waals surface area contributed by atoms with Crippen molar-refractivity contribution >= 4 is 28.6 Å². The van der Waals surface area contributed by atoms with Gasteiger partial charge in [0, 0.05) is 9.75 Å². The van der Waals surface area contributed by atoms with Crippen LogP contribution in [0.15, 0.2) is 17.5 Å². The number of nitrogens with zero attached hydrogens (tertiary/aromatic N) is 1. The molecule has 0 aliphatic heterocycles. The van der Waals surface area contributed by atoms with E-state index in [1.54, 1.807) is 22.7 Å². The van der Waals surface area contributed by atoms with Crippen LogP contribution >= 0.6 is 22.7 Å². The van der Waals surface area contributed by atoms with Crippen molar-refractivity contribution < 1.29 is 4.79 Å². The summed E-state index contributed by atoms with van der Waals surface area (Å²) in [6.07, 6.45) is 5.27. The quantitative estimate of drug-likeness (QED) is 0.941. The molecule has 3 nitrogen and oxygen atoms in total. The summed E-state index contributed by atoms with van der Waals surface area (Å²) in [5, 5.41) is 6.01. The van der Waals surface area contributed by atoms with Gasteiger partial charge in [0.1, 0.15) is 5.01 Å². The van der Waals surface area contributed by atoms with Gasteiger partial charge in [0.05, 0.1) is 18.7 Å². The highest BCUT2D eigenvalue weighted by Crippen LogP contribution is 2.26. The smallest absolute Gasteiger partial charge is 0.225 e. The van der Waals surface area contributed by atoms with E-state index in [2.05, 4.69) is 10.3 Å². The minimum Gasteiger partial charge on any atom is -0.349 e. The Labute approximate surface area is 120 Å². The highest BCUT2D eigenvalue weighted by Gasteiger charge is 2.15. The van der Waals surface area contributed by atoms with Crippen LogP contribution in [0.5, 0.6) is 0 Å². The fourth-order valence-corrected chi connectivity index (χ4v) is 4.09. The Morgan fingerprint density at radius 1 is 1.37 bits per heavy atom. The molecule has 0 saturated carbocycles. The van der Waals surface area contributed by atoms with Crippen LogP contribution in [0.1, 0.15) is 33.3 Å². The van der Waals surface area contributed by atoms with Crippen LogP contribution in [0.3, 0.4) is 0 Å². The van der Waals surface area contributed by atoms with Crippen molar-refractivity contribution in [3.05, 3.63) is 38.0 Å². The van der Waals surface area contributed by atoms with Crippen molar-refractivity contribution in [1.82, 2.24) is 10.3 Å². The molecule has 1 aliphatic carbocycles. The van der Waals surface area contributed by atoms with Gasteiger partial charge in [-0.3, -0.25) is 4.79 Å². The lowest BCUT2D eigenvalue weighted by Crippen LogP contribution is -2.24. The van der Waals surface area contributed by atoms with Crippen LogP contribution in [0.2, 0.25) is 0 Å². The van der Waals surface area contributed by atoms with E-state index in [1.165, 1.54) is 23.4 Å². The largest absolute Gasteiger partial charge is 0.349 e. The van der Waals surface area contributed by atoms with E-state index in [4.69, 9.17) is 0 Å². The molecule has 19 heavy (non-hydrogen) atoms. The predicted molar refractivity (Wildman–Crippen MR) is 78.6 cm³/mol. The van der Waals surface area contributed by atoms with Crippen LogP contribution in [0.25, 0.3) is 0 Å². The minimum atomic E-state index is 0.0793. The molecule has 1 aliphatic rings. The number of carbonyl (C=O) groups excluding carboxylic acids is 1. The normalized spacial score (nSPS) is 14.1. The third-order valence-corrected chi connectivity index (χ3v) is 5.28. The van der Waals surface area contributed by atoms with Crippen LogP contribution in [0.4, 0.5) is 0 Å². The molecule has 0 saturated heterocycles. The molecule has 0 bridgehead atoms. The first-order valence-corrected chi connectivity index (χ1v) is 8.27. The zero-order valence-electron chi connectivity index (χ0n) is 10.6. The first-order chi connectivity index (χ1) is 9.31. The second-order valence-corrected chi connectivity index (χ2v) is 6.92. The van der Waals surface area contributed by atoms with Crippen molar-refractivity contribution in [1.29, 1.82) is 0 Å². The summed E-state index contributed by atoms with van der Waals surface area (Å²) in [4.78, 5) is 19.0. The molecule has 100 valence electrons. The zero-order valence-corrected chi connectivity index (χ0v) is 12.3. The molecule has 1 amide bonds. The number of rotatable bonds is 4. The summed E-state index contributed by atoms with van der Waals surface area (Å²) in [5.41, 5.74) is 1.26. The van der Waals surface area contributed by atoms with Gasteiger partial charge < -0.3 is 5.32 Å². The minimum absolute atomic E-state index is 0.0793. The summed E-state index contributed by atoms with van der Waals surface area (Å²) in [6.45, 7) is 0.571. The van der Waals surface area contributed by atoms with Gasteiger partial charge in [-0.15, -0.1) is 22.7 Å². The first-order valence-electron chi connectivity index (χ1n) is 6.58. The van der Waals surface area contributed by atoms with E-state index in [0.29, 0.717) is 13.0 Å². The molecular formula is C14H16N2OS2. The van der Waals surface area contributed by atoms with E-state index in [-0.39, 0.29) is 5.91 Å². The van der Waals surface area contributed by atoms with E-state index < -0.39 is 0 Å². The van der Waals surface area contributed by atoms with Crippen LogP contribution in [0, 0.1) is 0 Å². The number of hydrogen-bond donors (Lipinski definition) is 1. The van der Waals surface area contributed by atoms with Crippen LogP contribution < -0.4 is 5.32 Å². The molecule has 0 atom stereocenters. The summed E-state index contributed by atoms with van der Waals surface area (Å²) < 4.78 is 0. The van der Waals surface area contributed by atoms with Gasteiger partial charge in [0.25, 0.3) is 0 Å². The molecule has 3 rings (SSSR count). The molecular weight excluding hydrogens is 276 g/mol. The fraction of sp³-hybridized carbons (Fsp3) is 0.429. The molecule has 5 heteroatoms. The molecule has 2 heterocycles. The molecule has 0 aromatic carbocycles. The van der Waals surface area contributed by atoms with Gasteiger partial charge in [-0.05, 0) is 37.1 Å². The van der Waals surface area contributed by atoms with Gasteiger partial charge in [-0.2, -0.15) is 0 Å². The van der Waals surface area contributed by atoms with Crippen molar-refractivity contribution in [2.24, 2.45) is 0 Å². The second-order valence-electron chi connectivity index (χ2n) is 4.72. The van der Waals surface area contributed by atoms with Gasteiger partial charge in [-0.25, -0.2) is 4.98 Å². The number of amides is 1. The third kappa shape index (κ3) is 3.22. The summed E-state index contributed by atoms with van der Waals surface area (Å²) in [5.74, 6) is 0.0793. The zero-order chi connectivity index (χ0) is 13.1. The van der Waals surface area contributed by atoms with Crippen LogP contribution in [-0.2, 0) is 30.6 Å². The van der Waals surface area contributed by atoms with Crippen LogP contribution in [-0.4, -0.2) is 10.9 Å². The maximum absolute atomic E-state index is 11.8. The molecule has 2 aromatic heterocycles. The van der Waals surface area contributed by atoms with E-state index in [0.717, 1.165) is 22.7 Å². The summed E-state index contributed by atoms with van der Waals surface area (Å²) in [6, 6.07) is 3.97. The van der Waals surface area contributed by atoms with E-state index in [1.807, 2.05) is 17.5 Å². The second kappa shape index (κ2) is 5.84. The Balaban J connectivity index is 1.54. The third-order valence-electron chi connectivity index (χ3n) is 3.24. The van der Waals surface area contributed by atoms with Crippen molar-refractivity contribution in [2.75, 3.05) is 0 Å². The Kier molecular flexibility index (Phi) is 3.94. The Morgan fingerprint density at radius 2 is 2.26 bits per heavy atom. The molecule has 0 spiro atoms. The number of aryl methyl sites for hydroxylation is 2. The average molecular weight is 292 g/mol. The molecule has 0 unspecified atom stereocenters. The highest BCUT2D eigenvalue weighted by molar-refractivity contribution is 7.11. The van der Waals surface area contributed by atoms with Gasteiger partial charge in [0.15, 0.2) is 0 Å². The maximum atomic E-state index is 11.8. The lowest BCUT2D eigenvalue weighted by molar-refractivity contribution is -0.120. The maximum Gasteiger partial charge on any atom is 0.225 e. The van der Waals surface area contributed by atoms with E-state index in [9.17, 15) is 4.79 Å². The van der Waals surface area contributed by atoms with E-state index >= 15 is 0 Å². The summed E-state index contributed by atoms with van der Waals surface area (Å²) in [7, 11) is 0. The molecule has 0 fully saturated rings. The van der Waals surface area contributed by atoms with Gasteiger partial charge in [-0.1, -0.05) is 6.07 Å². The number of hydrogen-bond acceptors (Lipinski definition) is 4. The number of fused-ring (bicyclic) bond motifs is 1. The topological polar surface area (TPSA) is 42.0 Å².